The fourth-order valence-corrected chi connectivity index (χ4v) is 2.45. The highest BCUT2D eigenvalue weighted by Gasteiger charge is 2.27. The first-order valence-corrected chi connectivity index (χ1v) is 7.15. The van der Waals surface area contributed by atoms with E-state index in [1.54, 1.807) is 20.8 Å². The first-order valence-electron chi connectivity index (χ1n) is 6.36. The second-order valence-electron chi connectivity index (χ2n) is 5.70. The molecule has 1 amide bonds. The van der Waals surface area contributed by atoms with Crippen LogP contribution in [-0.4, -0.2) is 24.3 Å². The van der Waals surface area contributed by atoms with Gasteiger partial charge < -0.3 is 14.8 Å². The van der Waals surface area contributed by atoms with Crippen LogP contribution in [0.5, 0.6) is 5.75 Å². The van der Waals surface area contributed by atoms with Crippen molar-refractivity contribution in [3.05, 3.63) is 28.0 Å². The summed E-state index contributed by atoms with van der Waals surface area (Å²) < 4.78 is 25.0. The van der Waals surface area contributed by atoms with E-state index in [1.165, 1.54) is 6.07 Å². The summed E-state index contributed by atoms with van der Waals surface area (Å²) in [6.45, 7) is 5.66. The predicted octanol–water partition coefficient (Wildman–Crippen LogP) is 3.42. The molecule has 0 radical (unpaired) electrons. The van der Waals surface area contributed by atoms with Gasteiger partial charge in [0.1, 0.15) is 11.7 Å². The molecule has 0 bridgehead atoms. The summed E-state index contributed by atoms with van der Waals surface area (Å²) in [6.07, 6.45) is -0.221. The molecule has 1 heterocycles. The van der Waals surface area contributed by atoms with E-state index in [-0.39, 0.29) is 18.4 Å². The Morgan fingerprint density at radius 2 is 2.25 bits per heavy atom. The molecule has 2 rings (SSSR count). The van der Waals surface area contributed by atoms with Gasteiger partial charge in [0, 0.05) is 16.5 Å². The Labute approximate surface area is 125 Å². The number of benzene rings is 1. The fraction of sp³-hybridized carbons (Fsp3) is 0.500. The lowest BCUT2D eigenvalue weighted by Crippen LogP contribution is -2.38. The van der Waals surface area contributed by atoms with Crippen molar-refractivity contribution in [1.82, 2.24) is 5.32 Å². The summed E-state index contributed by atoms with van der Waals surface area (Å²) in [7, 11) is 0. The number of rotatable bonds is 2. The highest BCUT2D eigenvalue weighted by atomic mass is 79.9. The van der Waals surface area contributed by atoms with E-state index in [1.807, 2.05) is 6.07 Å². The van der Waals surface area contributed by atoms with Crippen molar-refractivity contribution in [1.29, 1.82) is 0 Å². The lowest BCUT2D eigenvalue weighted by atomic mass is 10.1. The van der Waals surface area contributed by atoms with Crippen molar-refractivity contribution in [3.63, 3.8) is 0 Å². The van der Waals surface area contributed by atoms with Gasteiger partial charge in [-0.3, -0.25) is 0 Å². The third-order valence-corrected chi connectivity index (χ3v) is 3.15. The van der Waals surface area contributed by atoms with E-state index in [2.05, 4.69) is 21.2 Å². The van der Waals surface area contributed by atoms with Crippen LogP contribution in [-0.2, 0) is 11.2 Å². The molecule has 1 aliphatic heterocycles. The minimum atomic E-state index is -0.541. The molecular weight excluding hydrogens is 329 g/mol. The first-order chi connectivity index (χ1) is 9.24. The number of halogens is 2. The Morgan fingerprint density at radius 3 is 2.90 bits per heavy atom. The molecule has 1 N–H and O–H groups in total. The largest absolute Gasteiger partial charge is 0.485 e. The molecule has 110 valence electrons. The van der Waals surface area contributed by atoms with Crippen LogP contribution in [0.3, 0.4) is 0 Å². The maximum Gasteiger partial charge on any atom is 0.407 e. The van der Waals surface area contributed by atoms with Crippen molar-refractivity contribution < 1.29 is 18.7 Å². The van der Waals surface area contributed by atoms with Crippen molar-refractivity contribution >= 4 is 22.0 Å². The highest BCUT2D eigenvalue weighted by Crippen LogP contribution is 2.34. The SMILES string of the molecule is CC(C)(C)OC(=O)NCC1Cc2cc(Br)cc(F)c2O1. The fourth-order valence-electron chi connectivity index (χ4n) is 1.98. The number of nitrogens with one attached hydrogen (secondary N) is 1. The van der Waals surface area contributed by atoms with Gasteiger partial charge in [0.15, 0.2) is 11.6 Å². The number of carbonyl (C=O) groups is 1. The molecule has 0 aliphatic carbocycles. The smallest absolute Gasteiger partial charge is 0.407 e. The molecule has 4 nitrogen and oxygen atoms in total. The van der Waals surface area contributed by atoms with E-state index >= 15 is 0 Å². The van der Waals surface area contributed by atoms with Crippen LogP contribution >= 0.6 is 15.9 Å². The Morgan fingerprint density at radius 1 is 1.55 bits per heavy atom. The van der Waals surface area contributed by atoms with Gasteiger partial charge in [0.05, 0.1) is 6.54 Å². The number of hydrogen-bond donors (Lipinski definition) is 1. The first kappa shape index (κ1) is 15.1. The average molecular weight is 346 g/mol. The Hall–Kier alpha value is -1.30. The summed E-state index contributed by atoms with van der Waals surface area (Å²) in [6, 6.07) is 3.19. The van der Waals surface area contributed by atoms with Crippen LogP contribution in [0.15, 0.2) is 16.6 Å². The van der Waals surface area contributed by atoms with Gasteiger partial charge in [-0.05, 0) is 32.9 Å². The molecule has 0 fully saturated rings. The van der Waals surface area contributed by atoms with Gasteiger partial charge >= 0.3 is 6.09 Å². The normalized spacial score (nSPS) is 17.4. The summed E-state index contributed by atoms with van der Waals surface area (Å²) >= 11 is 3.25. The van der Waals surface area contributed by atoms with E-state index in [0.29, 0.717) is 10.9 Å². The van der Waals surface area contributed by atoms with Crippen LogP contribution in [0.1, 0.15) is 26.3 Å². The van der Waals surface area contributed by atoms with Gasteiger partial charge in [0.25, 0.3) is 0 Å². The van der Waals surface area contributed by atoms with Crippen molar-refractivity contribution in [2.75, 3.05) is 6.54 Å². The maximum absolute atomic E-state index is 13.7. The molecule has 0 aromatic heterocycles. The molecule has 1 unspecified atom stereocenters. The zero-order chi connectivity index (χ0) is 14.9. The zero-order valence-corrected chi connectivity index (χ0v) is 13.2. The monoisotopic (exact) mass is 345 g/mol. The summed E-state index contributed by atoms with van der Waals surface area (Å²) in [5.74, 6) is -0.127. The van der Waals surface area contributed by atoms with E-state index in [9.17, 15) is 9.18 Å². The second-order valence-corrected chi connectivity index (χ2v) is 6.62. The Bertz CT molecular complexity index is 528. The number of alkyl carbamates (subject to hydrolysis) is 1. The van der Waals surface area contributed by atoms with E-state index in [0.717, 1.165) is 5.56 Å². The molecule has 0 saturated heterocycles. The van der Waals surface area contributed by atoms with Crippen molar-refractivity contribution in [2.45, 2.75) is 38.9 Å². The van der Waals surface area contributed by atoms with Gasteiger partial charge in [-0.2, -0.15) is 0 Å². The maximum atomic E-state index is 13.7. The summed E-state index contributed by atoms with van der Waals surface area (Å²) in [4.78, 5) is 11.5. The minimum Gasteiger partial charge on any atom is -0.485 e. The summed E-state index contributed by atoms with van der Waals surface area (Å²) in [5, 5.41) is 2.63. The number of fused-ring (bicyclic) bond motifs is 1. The van der Waals surface area contributed by atoms with Gasteiger partial charge in [0.2, 0.25) is 0 Å². The highest BCUT2D eigenvalue weighted by molar-refractivity contribution is 9.10. The van der Waals surface area contributed by atoms with Gasteiger partial charge in [-0.1, -0.05) is 15.9 Å². The van der Waals surface area contributed by atoms with Crippen LogP contribution < -0.4 is 10.1 Å². The average Bonchev–Trinajstić information content (AvgIpc) is 2.67. The number of hydrogen-bond acceptors (Lipinski definition) is 3. The number of carbonyl (C=O) groups excluding carboxylic acids is 1. The quantitative estimate of drug-likeness (QED) is 0.893. The topological polar surface area (TPSA) is 47.6 Å². The van der Waals surface area contributed by atoms with Crippen LogP contribution in [0.25, 0.3) is 0 Å². The molecule has 1 aliphatic rings. The molecule has 0 saturated carbocycles. The molecule has 20 heavy (non-hydrogen) atoms. The van der Waals surface area contributed by atoms with Crippen LogP contribution in [0.4, 0.5) is 9.18 Å². The van der Waals surface area contributed by atoms with Crippen molar-refractivity contribution in [2.24, 2.45) is 0 Å². The standard InChI is InChI=1S/C14H17BrFNO3/c1-14(2,3)20-13(18)17-7-10-5-8-4-9(15)6-11(16)12(8)19-10/h4,6,10H,5,7H2,1-3H3,(H,17,18). The summed E-state index contributed by atoms with van der Waals surface area (Å²) in [5.41, 5.74) is 0.258. The molecule has 1 aromatic carbocycles. The lowest BCUT2D eigenvalue weighted by molar-refractivity contribution is 0.0505. The Balaban J connectivity index is 1.89. The molecule has 6 heteroatoms. The Kier molecular flexibility index (Phi) is 4.22. The predicted molar refractivity (Wildman–Crippen MR) is 76.5 cm³/mol. The van der Waals surface area contributed by atoms with Gasteiger partial charge in [-0.25, -0.2) is 9.18 Å². The van der Waals surface area contributed by atoms with Crippen molar-refractivity contribution in [3.8, 4) is 5.75 Å². The zero-order valence-electron chi connectivity index (χ0n) is 11.6. The van der Waals surface area contributed by atoms with E-state index < -0.39 is 17.5 Å². The van der Waals surface area contributed by atoms with E-state index in [4.69, 9.17) is 9.47 Å². The van der Waals surface area contributed by atoms with Gasteiger partial charge in [-0.15, -0.1) is 0 Å². The van der Waals surface area contributed by atoms with Crippen LogP contribution in [0, 0.1) is 5.82 Å². The lowest BCUT2D eigenvalue weighted by Gasteiger charge is -2.20. The number of amides is 1. The second kappa shape index (κ2) is 5.60. The molecule has 1 atom stereocenters. The molecular formula is C14H17BrFNO3. The third kappa shape index (κ3) is 3.85. The number of ether oxygens (including phenoxy) is 2. The minimum absolute atomic E-state index is 0.268. The molecule has 0 spiro atoms. The molecule has 1 aromatic rings. The van der Waals surface area contributed by atoms with Crippen LogP contribution in [0.2, 0.25) is 0 Å². The third-order valence-electron chi connectivity index (χ3n) is 2.69.